The molecule has 1 fully saturated rings. The van der Waals surface area contributed by atoms with Crippen LogP contribution >= 0.6 is 27.3 Å². The standard InChI is InChI=1S/C12H19BrN2S/c1-3-15-7-6-14(8-10(15)2)9-11-4-5-12(13)16-11/h4-5,10H,3,6-9H2,1-2H3. The van der Waals surface area contributed by atoms with E-state index in [2.05, 4.69) is 51.7 Å². The van der Waals surface area contributed by atoms with Crippen LogP contribution in [0.5, 0.6) is 0 Å². The SMILES string of the molecule is CCN1CCN(Cc2ccc(Br)s2)CC1C. The molecule has 0 N–H and O–H groups in total. The second-order valence-electron chi connectivity index (χ2n) is 4.42. The molecule has 1 aromatic heterocycles. The van der Waals surface area contributed by atoms with Crippen molar-refractivity contribution in [1.29, 1.82) is 0 Å². The molecule has 2 heterocycles. The maximum atomic E-state index is 3.52. The van der Waals surface area contributed by atoms with Crippen LogP contribution in [-0.4, -0.2) is 42.0 Å². The summed E-state index contributed by atoms with van der Waals surface area (Å²) in [5.74, 6) is 0. The van der Waals surface area contributed by atoms with E-state index >= 15 is 0 Å². The molecule has 90 valence electrons. The fraction of sp³-hybridized carbons (Fsp3) is 0.667. The average Bonchev–Trinajstić information content (AvgIpc) is 2.64. The van der Waals surface area contributed by atoms with Crippen molar-refractivity contribution in [3.05, 3.63) is 20.8 Å². The van der Waals surface area contributed by atoms with Gasteiger partial charge in [0.25, 0.3) is 0 Å². The first-order valence-corrected chi connectivity index (χ1v) is 7.50. The fourth-order valence-corrected chi connectivity index (χ4v) is 3.87. The highest BCUT2D eigenvalue weighted by Crippen LogP contribution is 2.24. The summed E-state index contributed by atoms with van der Waals surface area (Å²) in [6.45, 7) is 10.5. The van der Waals surface area contributed by atoms with E-state index in [0.29, 0.717) is 6.04 Å². The Balaban J connectivity index is 1.88. The van der Waals surface area contributed by atoms with Crippen molar-refractivity contribution in [2.75, 3.05) is 26.2 Å². The topological polar surface area (TPSA) is 6.48 Å². The second-order valence-corrected chi connectivity index (χ2v) is 6.97. The Hall–Kier alpha value is 0.1000. The summed E-state index contributed by atoms with van der Waals surface area (Å²) >= 11 is 5.37. The van der Waals surface area contributed by atoms with Crippen LogP contribution in [0.2, 0.25) is 0 Å². The predicted molar refractivity (Wildman–Crippen MR) is 74.0 cm³/mol. The van der Waals surface area contributed by atoms with Crippen LogP contribution in [0.25, 0.3) is 0 Å². The molecule has 1 aromatic rings. The number of piperazine rings is 1. The molecular weight excluding hydrogens is 284 g/mol. The highest BCUT2D eigenvalue weighted by Gasteiger charge is 2.22. The van der Waals surface area contributed by atoms with Gasteiger partial charge in [0, 0.05) is 37.1 Å². The maximum Gasteiger partial charge on any atom is 0.0701 e. The van der Waals surface area contributed by atoms with E-state index in [9.17, 15) is 0 Å². The number of thiophene rings is 1. The normalized spacial score (nSPS) is 23.8. The van der Waals surface area contributed by atoms with E-state index in [1.807, 2.05) is 11.3 Å². The molecular formula is C12H19BrN2S. The van der Waals surface area contributed by atoms with Gasteiger partial charge in [0.2, 0.25) is 0 Å². The van der Waals surface area contributed by atoms with Gasteiger partial charge in [-0.3, -0.25) is 9.80 Å². The molecule has 1 aliphatic heterocycles. The number of rotatable bonds is 3. The second kappa shape index (κ2) is 5.63. The third-order valence-electron chi connectivity index (χ3n) is 3.26. The van der Waals surface area contributed by atoms with Gasteiger partial charge in [-0.25, -0.2) is 0 Å². The number of nitrogens with zero attached hydrogens (tertiary/aromatic N) is 2. The molecule has 0 aliphatic carbocycles. The molecule has 0 amide bonds. The molecule has 2 rings (SSSR count). The van der Waals surface area contributed by atoms with Crippen molar-refractivity contribution in [1.82, 2.24) is 9.80 Å². The zero-order chi connectivity index (χ0) is 11.5. The van der Waals surface area contributed by atoms with E-state index in [-0.39, 0.29) is 0 Å². The fourth-order valence-electron chi connectivity index (χ4n) is 2.34. The van der Waals surface area contributed by atoms with Crippen LogP contribution in [0, 0.1) is 0 Å². The monoisotopic (exact) mass is 302 g/mol. The molecule has 2 nitrogen and oxygen atoms in total. The van der Waals surface area contributed by atoms with Crippen LogP contribution in [-0.2, 0) is 6.54 Å². The Morgan fingerprint density at radius 1 is 1.44 bits per heavy atom. The molecule has 1 atom stereocenters. The van der Waals surface area contributed by atoms with E-state index in [1.165, 1.54) is 34.8 Å². The van der Waals surface area contributed by atoms with Gasteiger partial charge in [-0.05, 0) is 41.5 Å². The molecule has 1 unspecified atom stereocenters. The Bertz CT molecular complexity index is 340. The molecule has 0 saturated carbocycles. The van der Waals surface area contributed by atoms with Gasteiger partial charge < -0.3 is 0 Å². The smallest absolute Gasteiger partial charge is 0.0701 e. The van der Waals surface area contributed by atoms with Crippen molar-refractivity contribution >= 4 is 27.3 Å². The van der Waals surface area contributed by atoms with Crippen LogP contribution in [0.1, 0.15) is 18.7 Å². The Morgan fingerprint density at radius 3 is 2.81 bits per heavy atom. The van der Waals surface area contributed by atoms with Gasteiger partial charge in [0.05, 0.1) is 3.79 Å². The lowest BCUT2D eigenvalue weighted by atomic mass is 10.2. The highest BCUT2D eigenvalue weighted by atomic mass is 79.9. The zero-order valence-corrected chi connectivity index (χ0v) is 12.4. The minimum Gasteiger partial charge on any atom is -0.298 e. The third-order valence-corrected chi connectivity index (χ3v) is 4.87. The summed E-state index contributed by atoms with van der Waals surface area (Å²) in [6.07, 6.45) is 0. The maximum absolute atomic E-state index is 3.52. The van der Waals surface area contributed by atoms with Crippen molar-refractivity contribution in [2.45, 2.75) is 26.4 Å². The van der Waals surface area contributed by atoms with Crippen LogP contribution in [0.4, 0.5) is 0 Å². The summed E-state index contributed by atoms with van der Waals surface area (Å²) in [7, 11) is 0. The first-order chi connectivity index (χ1) is 7.69. The minimum absolute atomic E-state index is 0.696. The number of halogens is 1. The zero-order valence-electron chi connectivity index (χ0n) is 9.95. The van der Waals surface area contributed by atoms with Crippen LogP contribution in [0.15, 0.2) is 15.9 Å². The summed E-state index contributed by atoms with van der Waals surface area (Å²) in [4.78, 5) is 6.58. The molecule has 0 aromatic carbocycles. The number of hydrogen-bond acceptors (Lipinski definition) is 3. The van der Waals surface area contributed by atoms with Gasteiger partial charge in [-0.2, -0.15) is 0 Å². The van der Waals surface area contributed by atoms with Gasteiger partial charge >= 0.3 is 0 Å². The third kappa shape index (κ3) is 3.06. The number of likely N-dealkylation sites (N-methyl/N-ethyl adjacent to an activating group) is 1. The molecule has 0 bridgehead atoms. The largest absolute Gasteiger partial charge is 0.298 e. The van der Waals surface area contributed by atoms with Crippen LogP contribution < -0.4 is 0 Å². The lowest BCUT2D eigenvalue weighted by Crippen LogP contribution is -2.51. The van der Waals surface area contributed by atoms with E-state index < -0.39 is 0 Å². The summed E-state index contributed by atoms with van der Waals surface area (Å²) in [5, 5.41) is 0. The Labute approximate surface area is 110 Å². The van der Waals surface area contributed by atoms with E-state index in [4.69, 9.17) is 0 Å². The quantitative estimate of drug-likeness (QED) is 0.847. The van der Waals surface area contributed by atoms with Crippen molar-refractivity contribution in [3.8, 4) is 0 Å². The summed E-state index contributed by atoms with van der Waals surface area (Å²) in [6, 6.07) is 5.07. The summed E-state index contributed by atoms with van der Waals surface area (Å²) in [5.41, 5.74) is 0. The number of hydrogen-bond donors (Lipinski definition) is 0. The molecule has 1 saturated heterocycles. The van der Waals surface area contributed by atoms with Crippen molar-refractivity contribution in [2.24, 2.45) is 0 Å². The lowest BCUT2D eigenvalue weighted by Gasteiger charge is -2.39. The molecule has 1 aliphatic rings. The van der Waals surface area contributed by atoms with E-state index in [1.54, 1.807) is 0 Å². The molecule has 0 radical (unpaired) electrons. The first kappa shape index (κ1) is 12.6. The first-order valence-electron chi connectivity index (χ1n) is 5.89. The summed E-state index contributed by atoms with van der Waals surface area (Å²) < 4.78 is 1.24. The predicted octanol–water partition coefficient (Wildman–Crippen LogP) is 3.04. The molecule has 0 spiro atoms. The minimum atomic E-state index is 0.696. The Morgan fingerprint density at radius 2 is 2.25 bits per heavy atom. The van der Waals surface area contributed by atoms with Crippen LogP contribution in [0.3, 0.4) is 0 Å². The van der Waals surface area contributed by atoms with Gasteiger partial charge in [0.15, 0.2) is 0 Å². The van der Waals surface area contributed by atoms with Crippen molar-refractivity contribution in [3.63, 3.8) is 0 Å². The lowest BCUT2D eigenvalue weighted by molar-refractivity contribution is 0.0841. The molecule has 16 heavy (non-hydrogen) atoms. The Kier molecular flexibility index (Phi) is 4.41. The highest BCUT2D eigenvalue weighted by molar-refractivity contribution is 9.11. The van der Waals surface area contributed by atoms with Crippen molar-refractivity contribution < 1.29 is 0 Å². The van der Waals surface area contributed by atoms with Gasteiger partial charge in [0.1, 0.15) is 0 Å². The van der Waals surface area contributed by atoms with Gasteiger partial charge in [-0.15, -0.1) is 11.3 Å². The average molecular weight is 303 g/mol. The van der Waals surface area contributed by atoms with Gasteiger partial charge in [-0.1, -0.05) is 6.92 Å². The molecule has 4 heteroatoms. The van der Waals surface area contributed by atoms with E-state index in [0.717, 1.165) is 6.54 Å².